The average Bonchev–Trinajstić information content (AvgIpc) is 2.68. The Labute approximate surface area is 165 Å². The number of benzene rings is 2. The Hall–Kier alpha value is -2.71. The van der Waals surface area contributed by atoms with Gasteiger partial charge >= 0.3 is 5.97 Å². The van der Waals surface area contributed by atoms with Crippen LogP contribution in [0, 0.1) is 0 Å². The molecule has 0 aromatic heterocycles. The largest absolute Gasteiger partial charge is 0.449 e. The molecule has 2 aromatic rings. The molecule has 0 aliphatic heterocycles. The highest BCUT2D eigenvalue weighted by atomic mass is 32.2. The van der Waals surface area contributed by atoms with Gasteiger partial charge in [0.15, 0.2) is 6.10 Å². The summed E-state index contributed by atoms with van der Waals surface area (Å²) in [6.07, 6.45) is -1.03. The van der Waals surface area contributed by atoms with E-state index in [4.69, 9.17) is 4.74 Å². The Kier molecular flexibility index (Phi) is 7.31. The molecule has 0 fully saturated rings. The van der Waals surface area contributed by atoms with Crippen LogP contribution in [-0.2, 0) is 19.6 Å². The highest BCUT2D eigenvalue weighted by Crippen LogP contribution is 2.14. The van der Waals surface area contributed by atoms with E-state index in [1.807, 2.05) is 37.3 Å². The number of nitrogens with one attached hydrogen (secondary N) is 2. The van der Waals surface area contributed by atoms with E-state index < -0.39 is 28.0 Å². The minimum absolute atomic E-state index is 0.0430. The number of sulfonamides is 1. The summed E-state index contributed by atoms with van der Waals surface area (Å²) < 4.78 is 31.7. The van der Waals surface area contributed by atoms with Crippen molar-refractivity contribution in [3.63, 3.8) is 0 Å². The van der Waals surface area contributed by atoms with Crippen molar-refractivity contribution in [1.82, 2.24) is 10.0 Å². The third-order valence-corrected chi connectivity index (χ3v) is 5.57. The van der Waals surface area contributed by atoms with E-state index >= 15 is 0 Å². The predicted octanol–water partition coefficient (Wildman–Crippen LogP) is 2.41. The number of carbonyl (C=O) groups excluding carboxylic acids is 2. The molecular formula is C20H24N2O5S. The van der Waals surface area contributed by atoms with Crippen molar-refractivity contribution in [3.8, 4) is 0 Å². The summed E-state index contributed by atoms with van der Waals surface area (Å²) in [6.45, 7) is 5.18. The van der Waals surface area contributed by atoms with Crippen LogP contribution in [0.2, 0.25) is 0 Å². The van der Waals surface area contributed by atoms with Crippen molar-refractivity contribution in [3.05, 3.63) is 65.7 Å². The number of carbonyl (C=O) groups is 2. The van der Waals surface area contributed by atoms with Crippen LogP contribution in [0.15, 0.2) is 59.5 Å². The highest BCUT2D eigenvalue weighted by Gasteiger charge is 2.22. The standard InChI is InChI=1S/C20H24N2O5S/c1-4-21-28(25,26)18-12-8-11-17(13-18)20(24)27-15(3)19(23)22-14(2)16-9-6-5-7-10-16/h5-15,21H,4H2,1-3H3,(H,22,23)/t14-,15+/m0/s1. The SMILES string of the molecule is CCNS(=O)(=O)c1cccc(C(=O)O[C@H](C)C(=O)N[C@@H](C)c2ccccc2)c1. The molecule has 7 nitrogen and oxygen atoms in total. The van der Waals surface area contributed by atoms with Gasteiger partial charge in [-0.25, -0.2) is 17.9 Å². The minimum atomic E-state index is -3.69. The summed E-state index contributed by atoms with van der Waals surface area (Å²) >= 11 is 0. The topological polar surface area (TPSA) is 102 Å². The molecule has 0 unspecified atom stereocenters. The maximum absolute atomic E-state index is 12.3. The van der Waals surface area contributed by atoms with Crippen molar-refractivity contribution in [2.45, 2.75) is 37.8 Å². The van der Waals surface area contributed by atoms with Gasteiger partial charge in [0.25, 0.3) is 5.91 Å². The first kappa shape index (κ1) is 21.6. The highest BCUT2D eigenvalue weighted by molar-refractivity contribution is 7.89. The molecule has 2 rings (SSSR count). The summed E-state index contributed by atoms with van der Waals surface area (Å²) in [5, 5.41) is 2.78. The Morgan fingerprint density at radius 1 is 1.04 bits per heavy atom. The fraction of sp³-hybridized carbons (Fsp3) is 0.300. The van der Waals surface area contributed by atoms with Gasteiger partial charge in [-0.15, -0.1) is 0 Å². The van der Waals surface area contributed by atoms with Crippen LogP contribution in [0.25, 0.3) is 0 Å². The second kappa shape index (κ2) is 9.48. The average molecular weight is 404 g/mol. The molecule has 28 heavy (non-hydrogen) atoms. The first-order valence-corrected chi connectivity index (χ1v) is 10.4. The van der Waals surface area contributed by atoms with E-state index in [1.165, 1.54) is 31.2 Å². The Bertz CT molecular complexity index is 929. The van der Waals surface area contributed by atoms with Gasteiger partial charge in [-0.2, -0.15) is 0 Å². The van der Waals surface area contributed by atoms with Crippen LogP contribution >= 0.6 is 0 Å². The Morgan fingerprint density at radius 3 is 2.36 bits per heavy atom. The molecule has 2 aromatic carbocycles. The van der Waals surface area contributed by atoms with E-state index in [1.54, 1.807) is 6.92 Å². The van der Waals surface area contributed by atoms with Crippen LogP contribution < -0.4 is 10.0 Å². The van der Waals surface area contributed by atoms with E-state index in [9.17, 15) is 18.0 Å². The van der Waals surface area contributed by atoms with Crippen LogP contribution in [-0.4, -0.2) is 32.9 Å². The van der Waals surface area contributed by atoms with Crippen molar-refractivity contribution in [2.75, 3.05) is 6.54 Å². The molecular weight excluding hydrogens is 380 g/mol. The van der Waals surface area contributed by atoms with Gasteiger partial charge in [-0.1, -0.05) is 43.3 Å². The Balaban J connectivity index is 2.03. The zero-order valence-electron chi connectivity index (χ0n) is 16.0. The van der Waals surface area contributed by atoms with Gasteiger partial charge in [-0.05, 0) is 37.6 Å². The van der Waals surface area contributed by atoms with Gasteiger partial charge in [0.2, 0.25) is 10.0 Å². The first-order valence-electron chi connectivity index (χ1n) is 8.90. The molecule has 0 heterocycles. The summed E-state index contributed by atoms with van der Waals surface area (Å²) in [6, 6.07) is 14.6. The van der Waals surface area contributed by atoms with Crippen LogP contribution in [0.1, 0.15) is 42.7 Å². The number of hydrogen-bond donors (Lipinski definition) is 2. The lowest BCUT2D eigenvalue weighted by Crippen LogP contribution is -2.37. The van der Waals surface area contributed by atoms with E-state index in [2.05, 4.69) is 10.0 Å². The van der Waals surface area contributed by atoms with Gasteiger partial charge in [0.05, 0.1) is 16.5 Å². The quantitative estimate of drug-likeness (QED) is 0.658. The molecule has 0 saturated heterocycles. The number of ether oxygens (including phenoxy) is 1. The fourth-order valence-electron chi connectivity index (χ4n) is 2.50. The number of esters is 1. The second-order valence-corrected chi connectivity index (χ2v) is 7.98. The van der Waals surface area contributed by atoms with Crippen molar-refractivity contribution >= 4 is 21.9 Å². The second-order valence-electron chi connectivity index (χ2n) is 6.22. The van der Waals surface area contributed by atoms with E-state index in [0.29, 0.717) is 0 Å². The van der Waals surface area contributed by atoms with Crippen LogP contribution in [0.5, 0.6) is 0 Å². The molecule has 150 valence electrons. The Morgan fingerprint density at radius 2 is 1.71 bits per heavy atom. The molecule has 1 amide bonds. The molecule has 8 heteroatoms. The van der Waals surface area contributed by atoms with Gasteiger partial charge < -0.3 is 10.1 Å². The molecule has 0 bridgehead atoms. The summed E-state index contributed by atoms with van der Waals surface area (Å²) in [5.41, 5.74) is 0.977. The predicted molar refractivity (Wildman–Crippen MR) is 105 cm³/mol. The van der Waals surface area contributed by atoms with Gasteiger partial charge in [0.1, 0.15) is 0 Å². The lowest BCUT2D eigenvalue weighted by atomic mass is 10.1. The zero-order valence-corrected chi connectivity index (χ0v) is 16.8. The van der Waals surface area contributed by atoms with Crippen LogP contribution in [0.4, 0.5) is 0 Å². The monoisotopic (exact) mass is 404 g/mol. The molecule has 0 aliphatic carbocycles. The number of hydrogen-bond acceptors (Lipinski definition) is 5. The van der Waals surface area contributed by atoms with Crippen LogP contribution in [0.3, 0.4) is 0 Å². The van der Waals surface area contributed by atoms with Gasteiger partial charge in [-0.3, -0.25) is 4.79 Å². The molecule has 2 atom stereocenters. The lowest BCUT2D eigenvalue weighted by Gasteiger charge is -2.18. The lowest BCUT2D eigenvalue weighted by molar-refractivity contribution is -0.129. The molecule has 2 N–H and O–H groups in total. The molecule has 0 spiro atoms. The van der Waals surface area contributed by atoms with E-state index in [-0.39, 0.29) is 23.0 Å². The minimum Gasteiger partial charge on any atom is -0.449 e. The summed E-state index contributed by atoms with van der Waals surface area (Å²) in [5.74, 6) is -1.22. The van der Waals surface area contributed by atoms with Gasteiger partial charge in [0, 0.05) is 6.54 Å². The van der Waals surface area contributed by atoms with Crippen molar-refractivity contribution < 1.29 is 22.7 Å². The molecule has 0 aliphatic rings. The summed E-state index contributed by atoms with van der Waals surface area (Å²) in [4.78, 5) is 24.6. The third kappa shape index (κ3) is 5.64. The fourth-order valence-corrected chi connectivity index (χ4v) is 3.59. The molecule has 0 radical (unpaired) electrons. The smallest absolute Gasteiger partial charge is 0.338 e. The maximum Gasteiger partial charge on any atom is 0.338 e. The van der Waals surface area contributed by atoms with E-state index in [0.717, 1.165) is 5.56 Å². The maximum atomic E-state index is 12.3. The number of amides is 1. The van der Waals surface area contributed by atoms with Crippen molar-refractivity contribution in [2.24, 2.45) is 0 Å². The third-order valence-electron chi connectivity index (χ3n) is 4.03. The summed E-state index contributed by atoms with van der Waals surface area (Å²) in [7, 11) is -3.69. The normalized spacial score (nSPS) is 13.4. The molecule has 0 saturated carbocycles. The zero-order chi connectivity index (χ0) is 20.7. The van der Waals surface area contributed by atoms with Crippen molar-refractivity contribution in [1.29, 1.82) is 0 Å². The first-order chi connectivity index (χ1) is 13.2. The number of rotatable bonds is 8.